The van der Waals surface area contributed by atoms with E-state index in [0.717, 1.165) is 20.4 Å². The second-order valence-electron chi connectivity index (χ2n) is 5.93. The molecule has 0 aromatic heterocycles. The number of halogens is 1. The van der Waals surface area contributed by atoms with Crippen molar-refractivity contribution in [1.82, 2.24) is 5.43 Å². The van der Waals surface area contributed by atoms with Crippen LogP contribution >= 0.6 is 22.6 Å². The van der Waals surface area contributed by atoms with Crippen molar-refractivity contribution < 1.29 is 4.79 Å². The van der Waals surface area contributed by atoms with E-state index in [1.54, 1.807) is 6.07 Å². The first-order valence-corrected chi connectivity index (χ1v) is 9.43. The van der Waals surface area contributed by atoms with Gasteiger partial charge < -0.3 is 0 Å². The van der Waals surface area contributed by atoms with Gasteiger partial charge in [-0.3, -0.25) is 4.79 Å². The van der Waals surface area contributed by atoms with Crippen LogP contribution in [0.4, 0.5) is 0 Å². The standard InChI is InChI=1S/C22H19IN2O/c1-16(24-25-22(26)19-14-8-9-15-20(19)23)21(17-10-4-2-5-11-17)18-12-6-3-7-13-18/h2-15,21H,1H3,(H,25,26)/b24-16+. The molecule has 1 N–H and O–H groups in total. The van der Waals surface area contributed by atoms with Crippen molar-refractivity contribution >= 4 is 34.2 Å². The Hall–Kier alpha value is -2.47. The average Bonchev–Trinajstić information content (AvgIpc) is 2.68. The molecule has 0 spiro atoms. The van der Waals surface area contributed by atoms with Crippen molar-refractivity contribution in [3.8, 4) is 0 Å². The minimum absolute atomic E-state index is 0.00690. The fourth-order valence-electron chi connectivity index (χ4n) is 2.87. The number of hydrogen-bond donors (Lipinski definition) is 1. The van der Waals surface area contributed by atoms with E-state index in [1.807, 2.05) is 61.5 Å². The molecule has 4 heteroatoms. The number of hydrazone groups is 1. The minimum Gasteiger partial charge on any atom is -0.267 e. The molecule has 0 radical (unpaired) electrons. The number of nitrogens with one attached hydrogen (secondary N) is 1. The fourth-order valence-corrected chi connectivity index (χ4v) is 3.51. The molecular weight excluding hydrogens is 435 g/mol. The van der Waals surface area contributed by atoms with Crippen LogP contribution in [0, 0.1) is 3.57 Å². The number of carbonyl (C=O) groups is 1. The highest BCUT2D eigenvalue weighted by Gasteiger charge is 2.18. The molecule has 0 saturated carbocycles. The minimum atomic E-state index is -0.200. The van der Waals surface area contributed by atoms with E-state index in [9.17, 15) is 4.79 Å². The number of carbonyl (C=O) groups excluding carboxylic acids is 1. The molecule has 3 rings (SSSR count). The highest BCUT2D eigenvalue weighted by molar-refractivity contribution is 14.1. The second kappa shape index (κ2) is 8.76. The van der Waals surface area contributed by atoms with Crippen LogP contribution in [0.25, 0.3) is 0 Å². The first kappa shape index (κ1) is 18.3. The average molecular weight is 454 g/mol. The summed E-state index contributed by atoms with van der Waals surface area (Å²) in [7, 11) is 0. The second-order valence-corrected chi connectivity index (χ2v) is 7.09. The first-order valence-electron chi connectivity index (χ1n) is 8.36. The smallest absolute Gasteiger partial charge is 0.267 e. The Labute approximate surface area is 167 Å². The third-order valence-electron chi connectivity index (χ3n) is 4.14. The normalized spacial score (nSPS) is 11.4. The maximum absolute atomic E-state index is 12.4. The zero-order valence-electron chi connectivity index (χ0n) is 14.4. The summed E-state index contributed by atoms with van der Waals surface area (Å²) >= 11 is 2.16. The molecule has 0 unspecified atom stereocenters. The van der Waals surface area contributed by atoms with Crippen LogP contribution < -0.4 is 5.43 Å². The van der Waals surface area contributed by atoms with Gasteiger partial charge >= 0.3 is 0 Å². The molecule has 0 aliphatic rings. The molecule has 3 aromatic carbocycles. The molecular formula is C22H19IN2O. The molecule has 130 valence electrons. The van der Waals surface area contributed by atoms with Crippen LogP contribution in [0.1, 0.15) is 34.3 Å². The summed E-state index contributed by atoms with van der Waals surface area (Å²) < 4.78 is 0.901. The lowest BCUT2D eigenvalue weighted by atomic mass is 9.88. The van der Waals surface area contributed by atoms with Gasteiger partial charge in [0.1, 0.15) is 0 Å². The highest BCUT2D eigenvalue weighted by Crippen LogP contribution is 2.26. The Bertz CT molecular complexity index is 868. The van der Waals surface area contributed by atoms with Crippen LogP contribution in [0.5, 0.6) is 0 Å². The van der Waals surface area contributed by atoms with Crippen LogP contribution in [0.3, 0.4) is 0 Å². The van der Waals surface area contributed by atoms with E-state index in [-0.39, 0.29) is 11.8 Å². The Morgan fingerprint density at radius 3 is 1.88 bits per heavy atom. The quantitative estimate of drug-likeness (QED) is 0.320. The number of benzene rings is 3. The molecule has 0 heterocycles. The molecule has 0 aliphatic carbocycles. The fraction of sp³-hybridized carbons (Fsp3) is 0.0909. The molecule has 0 bridgehead atoms. The third kappa shape index (κ3) is 4.38. The van der Waals surface area contributed by atoms with Gasteiger partial charge in [0.15, 0.2) is 0 Å². The number of amides is 1. The molecule has 3 aromatic rings. The maximum Gasteiger partial charge on any atom is 0.272 e. The van der Waals surface area contributed by atoms with Gasteiger partial charge in [-0.25, -0.2) is 5.43 Å². The molecule has 1 amide bonds. The van der Waals surface area contributed by atoms with E-state index >= 15 is 0 Å². The van der Waals surface area contributed by atoms with Gasteiger partial charge in [-0.05, 0) is 52.8 Å². The van der Waals surface area contributed by atoms with E-state index in [4.69, 9.17) is 0 Å². The predicted molar refractivity (Wildman–Crippen MR) is 114 cm³/mol. The number of nitrogens with zero attached hydrogens (tertiary/aromatic N) is 1. The zero-order valence-corrected chi connectivity index (χ0v) is 16.6. The topological polar surface area (TPSA) is 41.5 Å². The van der Waals surface area contributed by atoms with Crippen molar-refractivity contribution in [3.05, 3.63) is 105 Å². The summed E-state index contributed by atoms with van der Waals surface area (Å²) in [6.07, 6.45) is 0. The van der Waals surface area contributed by atoms with Gasteiger partial charge in [0, 0.05) is 15.2 Å². The third-order valence-corrected chi connectivity index (χ3v) is 5.08. The lowest BCUT2D eigenvalue weighted by Gasteiger charge is -2.18. The van der Waals surface area contributed by atoms with E-state index in [2.05, 4.69) is 57.4 Å². The first-order chi connectivity index (χ1) is 12.7. The van der Waals surface area contributed by atoms with Gasteiger partial charge in [-0.15, -0.1) is 0 Å². The Morgan fingerprint density at radius 2 is 1.35 bits per heavy atom. The van der Waals surface area contributed by atoms with Gasteiger partial charge in [0.2, 0.25) is 0 Å². The van der Waals surface area contributed by atoms with E-state index in [1.165, 1.54) is 0 Å². The van der Waals surface area contributed by atoms with Crippen molar-refractivity contribution in [3.63, 3.8) is 0 Å². The summed E-state index contributed by atoms with van der Waals surface area (Å²) in [5, 5.41) is 4.41. The lowest BCUT2D eigenvalue weighted by molar-refractivity contribution is 0.0954. The summed E-state index contributed by atoms with van der Waals surface area (Å²) in [6.45, 7) is 1.95. The largest absolute Gasteiger partial charge is 0.272 e. The van der Waals surface area contributed by atoms with Crippen LogP contribution in [-0.2, 0) is 0 Å². The van der Waals surface area contributed by atoms with Gasteiger partial charge in [-0.2, -0.15) is 5.10 Å². The molecule has 0 aliphatic heterocycles. The summed E-state index contributed by atoms with van der Waals surface area (Å²) in [6, 6.07) is 27.9. The maximum atomic E-state index is 12.4. The highest BCUT2D eigenvalue weighted by atomic mass is 127. The van der Waals surface area contributed by atoms with Crippen LogP contribution in [0.15, 0.2) is 90.0 Å². The molecule has 0 saturated heterocycles. The predicted octanol–water partition coefficient (Wildman–Crippen LogP) is 5.23. The van der Waals surface area contributed by atoms with E-state index in [0.29, 0.717) is 5.56 Å². The summed E-state index contributed by atoms with van der Waals surface area (Å²) in [5.74, 6) is -0.207. The Kier molecular flexibility index (Phi) is 6.17. The summed E-state index contributed by atoms with van der Waals surface area (Å²) in [4.78, 5) is 12.4. The van der Waals surface area contributed by atoms with Crippen molar-refractivity contribution in [2.75, 3.05) is 0 Å². The number of rotatable bonds is 5. The van der Waals surface area contributed by atoms with Gasteiger partial charge in [0.05, 0.1) is 5.56 Å². The van der Waals surface area contributed by atoms with Crippen LogP contribution in [-0.4, -0.2) is 11.6 Å². The molecule has 0 fully saturated rings. The van der Waals surface area contributed by atoms with E-state index < -0.39 is 0 Å². The van der Waals surface area contributed by atoms with Gasteiger partial charge in [-0.1, -0.05) is 72.8 Å². The van der Waals surface area contributed by atoms with Crippen molar-refractivity contribution in [2.45, 2.75) is 12.8 Å². The van der Waals surface area contributed by atoms with Gasteiger partial charge in [0.25, 0.3) is 5.91 Å². The monoisotopic (exact) mass is 454 g/mol. The van der Waals surface area contributed by atoms with Crippen molar-refractivity contribution in [2.24, 2.45) is 5.10 Å². The SMILES string of the molecule is C/C(=N\NC(=O)c1ccccc1I)C(c1ccccc1)c1ccccc1. The molecule has 3 nitrogen and oxygen atoms in total. The zero-order chi connectivity index (χ0) is 18.4. The Morgan fingerprint density at radius 1 is 0.846 bits per heavy atom. The van der Waals surface area contributed by atoms with Crippen LogP contribution in [0.2, 0.25) is 0 Å². The molecule has 26 heavy (non-hydrogen) atoms. The summed E-state index contributed by atoms with van der Waals surface area (Å²) in [5.41, 5.74) is 6.45. The van der Waals surface area contributed by atoms with Crippen molar-refractivity contribution in [1.29, 1.82) is 0 Å². The lowest BCUT2D eigenvalue weighted by Crippen LogP contribution is -2.22. The number of hydrogen-bond acceptors (Lipinski definition) is 2. The Balaban J connectivity index is 1.88. The molecule has 0 atom stereocenters.